The Morgan fingerprint density at radius 1 is 1.15 bits per heavy atom. The molecule has 1 saturated heterocycles. The Morgan fingerprint density at radius 3 is 2.65 bits per heavy atom. The van der Waals surface area contributed by atoms with Gasteiger partial charge in [-0.25, -0.2) is 9.67 Å². The summed E-state index contributed by atoms with van der Waals surface area (Å²) < 4.78 is 1.68. The standard InChI is InChI=1S/C19H23ClN6/c1-3-24(2)18-14-12-17(25-9-5-4-6-10-25)15(20)13-16(14)22-19(23-18)26-11-7-8-21-26/h7-8,11-13H,3-6,9-10H2,1-2H3. The van der Waals surface area contributed by atoms with Crippen LogP contribution in [0.3, 0.4) is 0 Å². The molecule has 0 atom stereocenters. The van der Waals surface area contributed by atoms with Crippen molar-refractivity contribution in [2.75, 3.05) is 36.5 Å². The zero-order valence-corrected chi connectivity index (χ0v) is 15.9. The van der Waals surface area contributed by atoms with E-state index in [0.29, 0.717) is 5.95 Å². The van der Waals surface area contributed by atoms with E-state index in [1.807, 2.05) is 25.4 Å². The molecule has 0 unspecified atom stereocenters. The third-order valence-electron chi connectivity index (χ3n) is 4.97. The zero-order valence-electron chi connectivity index (χ0n) is 15.2. The highest BCUT2D eigenvalue weighted by molar-refractivity contribution is 6.34. The maximum atomic E-state index is 6.64. The Balaban J connectivity index is 1.89. The van der Waals surface area contributed by atoms with Crippen LogP contribution in [0.1, 0.15) is 26.2 Å². The van der Waals surface area contributed by atoms with Gasteiger partial charge in [-0.2, -0.15) is 10.1 Å². The molecule has 1 aliphatic rings. The maximum Gasteiger partial charge on any atom is 0.253 e. The molecule has 4 rings (SSSR count). The molecule has 0 aliphatic carbocycles. The SMILES string of the molecule is CCN(C)c1nc(-n2cccn2)nc2cc(Cl)c(N3CCCCC3)cc12. The van der Waals surface area contributed by atoms with Crippen molar-refractivity contribution >= 4 is 34.0 Å². The lowest BCUT2D eigenvalue weighted by Crippen LogP contribution is -2.29. The molecule has 3 heterocycles. The molecule has 1 aromatic carbocycles. The summed E-state index contributed by atoms with van der Waals surface area (Å²) in [5.41, 5.74) is 1.92. The van der Waals surface area contributed by atoms with Crippen LogP contribution in [0, 0.1) is 0 Å². The van der Waals surface area contributed by atoms with Crippen LogP contribution in [-0.2, 0) is 0 Å². The van der Waals surface area contributed by atoms with Gasteiger partial charge in [0.1, 0.15) is 5.82 Å². The highest BCUT2D eigenvalue weighted by atomic mass is 35.5. The number of anilines is 2. The van der Waals surface area contributed by atoms with E-state index in [1.165, 1.54) is 19.3 Å². The van der Waals surface area contributed by atoms with E-state index in [9.17, 15) is 0 Å². The summed E-state index contributed by atoms with van der Waals surface area (Å²) in [6, 6.07) is 5.98. The summed E-state index contributed by atoms with van der Waals surface area (Å²) in [7, 11) is 2.05. The molecule has 6 nitrogen and oxygen atoms in total. The van der Waals surface area contributed by atoms with Gasteiger partial charge in [0.05, 0.1) is 16.2 Å². The van der Waals surface area contributed by atoms with Crippen LogP contribution in [0.4, 0.5) is 11.5 Å². The van der Waals surface area contributed by atoms with Gasteiger partial charge in [-0.3, -0.25) is 0 Å². The molecule has 0 saturated carbocycles. The predicted octanol–water partition coefficient (Wildman–Crippen LogP) is 3.92. The molecule has 136 valence electrons. The number of benzene rings is 1. The third kappa shape index (κ3) is 3.09. The van der Waals surface area contributed by atoms with Crippen LogP contribution in [0.15, 0.2) is 30.6 Å². The average molecular weight is 371 g/mol. The Morgan fingerprint density at radius 2 is 1.96 bits per heavy atom. The van der Waals surface area contributed by atoms with E-state index in [0.717, 1.165) is 47.1 Å². The van der Waals surface area contributed by atoms with E-state index in [-0.39, 0.29) is 0 Å². The van der Waals surface area contributed by atoms with Crippen molar-refractivity contribution in [2.45, 2.75) is 26.2 Å². The molecule has 0 radical (unpaired) electrons. The monoisotopic (exact) mass is 370 g/mol. The maximum absolute atomic E-state index is 6.64. The Kier molecular flexibility index (Phi) is 4.68. The lowest BCUT2D eigenvalue weighted by atomic mass is 10.1. The van der Waals surface area contributed by atoms with E-state index in [1.54, 1.807) is 10.9 Å². The van der Waals surface area contributed by atoms with E-state index < -0.39 is 0 Å². The van der Waals surface area contributed by atoms with Gasteiger partial charge in [0.25, 0.3) is 5.95 Å². The van der Waals surface area contributed by atoms with Gasteiger partial charge in [0.15, 0.2) is 0 Å². The molecule has 0 bridgehead atoms. The fourth-order valence-corrected chi connectivity index (χ4v) is 3.70. The lowest BCUT2D eigenvalue weighted by molar-refractivity contribution is 0.578. The first kappa shape index (κ1) is 17.1. The first-order valence-electron chi connectivity index (χ1n) is 9.14. The molecule has 1 aliphatic heterocycles. The minimum Gasteiger partial charge on any atom is -0.370 e. The molecule has 26 heavy (non-hydrogen) atoms. The van der Waals surface area contributed by atoms with Crippen molar-refractivity contribution in [2.24, 2.45) is 0 Å². The number of fused-ring (bicyclic) bond motifs is 1. The smallest absolute Gasteiger partial charge is 0.253 e. The normalized spacial score (nSPS) is 14.8. The van der Waals surface area contributed by atoms with Gasteiger partial charge < -0.3 is 9.80 Å². The summed E-state index contributed by atoms with van der Waals surface area (Å²) in [6.07, 6.45) is 7.29. The summed E-state index contributed by atoms with van der Waals surface area (Å²) in [5.74, 6) is 1.46. The van der Waals surface area contributed by atoms with Gasteiger partial charge in [0, 0.05) is 44.5 Å². The van der Waals surface area contributed by atoms with Crippen LogP contribution in [0.25, 0.3) is 16.9 Å². The Hall–Kier alpha value is -2.34. The second kappa shape index (κ2) is 7.11. The zero-order chi connectivity index (χ0) is 18.1. The van der Waals surface area contributed by atoms with Crippen LogP contribution in [0.2, 0.25) is 5.02 Å². The van der Waals surface area contributed by atoms with Crippen LogP contribution >= 0.6 is 11.6 Å². The number of nitrogens with zero attached hydrogens (tertiary/aromatic N) is 6. The lowest BCUT2D eigenvalue weighted by Gasteiger charge is -2.30. The Bertz CT molecular complexity index is 902. The topological polar surface area (TPSA) is 50.1 Å². The molecule has 2 aromatic heterocycles. The Labute approximate surface area is 158 Å². The van der Waals surface area contributed by atoms with Crippen LogP contribution < -0.4 is 9.80 Å². The molecular formula is C19H23ClN6. The largest absolute Gasteiger partial charge is 0.370 e. The number of piperidine rings is 1. The second-order valence-corrected chi connectivity index (χ2v) is 7.09. The predicted molar refractivity (Wildman–Crippen MR) is 107 cm³/mol. The van der Waals surface area contributed by atoms with Crippen molar-refractivity contribution in [3.63, 3.8) is 0 Å². The highest BCUT2D eigenvalue weighted by Gasteiger charge is 2.19. The number of aromatic nitrogens is 4. The van der Waals surface area contributed by atoms with E-state index in [4.69, 9.17) is 21.6 Å². The minimum absolute atomic E-state index is 0.555. The molecule has 0 N–H and O–H groups in total. The third-order valence-corrected chi connectivity index (χ3v) is 5.28. The molecule has 0 amide bonds. The van der Waals surface area contributed by atoms with Crippen molar-refractivity contribution in [1.29, 1.82) is 0 Å². The van der Waals surface area contributed by atoms with Crippen LogP contribution in [-0.4, -0.2) is 46.4 Å². The van der Waals surface area contributed by atoms with Gasteiger partial charge in [-0.15, -0.1) is 0 Å². The van der Waals surface area contributed by atoms with Gasteiger partial charge in [-0.05, 0) is 44.4 Å². The average Bonchev–Trinajstić information content (AvgIpc) is 3.21. The number of rotatable bonds is 4. The number of hydrogen-bond donors (Lipinski definition) is 0. The molecule has 3 aromatic rings. The summed E-state index contributed by atoms with van der Waals surface area (Å²) in [6.45, 7) is 5.07. The second-order valence-electron chi connectivity index (χ2n) is 6.68. The summed E-state index contributed by atoms with van der Waals surface area (Å²) in [5, 5.41) is 6.03. The van der Waals surface area contributed by atoms with Crippen molar-refractivity contribution in [3.8, 4) is 5.95 Å². The molecule has 1 fully saturated rings. The van der Waals surface area contributed by atoms with Crippen LogP contribution in [0.5, 0.6) is 0 Å². The van der Waals surface area contributed by atoms with Crippen molar-refractivity contribution < 1.29 is 0 Å². The first-order chi connectivity index (χ1) is 12.7. The fourth-order valence-electron chi connectivity index (χ4n) is 3.42. The molecular weight excluding hydrogens is 348 g/mol. The van der Waals surface area contributed by atoms with Crippen molar-refractivity contribution in [1.82, 2.24) is 19.7 Å². The van der Waals surface area contributed by atoms with Gasteiger partial charge in [0.2, 0.25) is 0 Å². The fraction of sp³-hybridized carbons (Fsp3) is 0.421. The number of halogens is 1. The van der Waals surface area contributed by atoms with Crippen molar-refractivity contribution in [3.05, 3.63) is 35.6 Å². The summed E-state index contributed by atoms with van der Waals surface area (Å²) >= 11 is 6.64. The van der Waals surface area contributed by atoms with E-state index in [2.05, 4.69) is 27.9 Å². The van der Waals surface area contributed by atoms with Gasteiger partial charge >= 0.3 is 0 Å². The molecule has 0 spiro atoms. The number of hydrogen-bond acceptors (Lipinski definition) is 5. The molecule has 7 heteroatoms. The summed E-state index contributed by atoms with van der Waals surface area (Å²) in [4.78, 5) is 14.0. The highest BCUT2D eigenvalue weighted by Crippen LogP contribution is 2.35. The van der Waals surface area contributed by atoms with Gasteiger partial charge in [-0.1, -0.05) is 11.6 Å². The van der Waals surface area contributed by atoms with E-state index >= 15 is 0 Å². The quantitative estimate of drug-likeness (QED) is 0.696. The minimum atomic E-state index is 0.555. The first-order valence-corrected chi connectivity index (χ1v) is 9.52.